The zero-order chi connectivity index (χ0) is 21.5. The fourth-order valence-corrected chi connectivity index (χ4v) is 3.84. The van der Waals surface area contributed by atoms with Crippen LogP contribution in [0.3, 0.4) is 0 Å². The molecule has 2 heterocycles. The fourth-order valence-electron chi connectivity index (χ4n) is 3.56. The van der Waals surface area contributed by atoms with Gasteiger partial charge < -0.3 is 10.3 Å². The molecule has 1 fully saturated rings. The van der Waals surface area contributed by atoms with Crippen LogP contribution in [-0.4, -0.2) is 45.3 Å². The Morgan fingerprint density at radius 1 is 1.00 bits per heavy atom. The lowest BCUT2D eigenvalue weighted by Gasteiger charge is -2.13. The van der Waals surface area contributed by atoms with E-state index in [4.69, 9.17) is 12.2 Å². The van der Waals surface area contributed by atoms with E-state index in [0.29, 0.717) is 61.9 Å². The van der Waals surface area contributed by atoms with E-state index < -0.39 is 0 Å². The third-order valence-electron chi connectivity index (χ3n) is 5.21. The van der Waals surface area contributed by atoms with Gasteiger partial charge in [0.2, 0.25) is 17.7 Å². The molecule has 9 heteroatoms. The van der Waals surface area contributed by atoms with Crippen LogP contribution in [0.25, 0.3) is 10.9 Å². The average Bonchev–Trinajstić information content (AvgIpc) is 3.05. The predicted octanol–water partition coefficient (Wildman–Crippen LogP) is 2.27. The third kappa shape index (κ3) is 5.41. The number of aromatic nitrogens is 2. The molecule has 1 saturated heterocycles. The maximum atomic E-state index is 12.6. The van der Waals surface area contributed by atoms with Crippen LogP contribution in [0.2, 0.25) is 0 Å². The molecule has 0 atom stereocenters. The summed E-state index contributed by atoms with van der Waals surface area (Å²) in [4.78, 5) is 51.9. The molecule has 2 N–H and O–H groups in total. The summed E-state index contributed by atoms with van der Waals surface area (Å²) >= 11 is 5.30. The van der Waals surface area contributed by atoms with Crippen molar-refractivity contribution < 1.29 is 14.4 Å². The number of H-pyrrole nitrogens is 1. The van der Waals surface area contributed by atoms with Crippen molar-refractivity contribution in [3.63, 3.8) is 0 Å². The number of para-hydroxylation sites is 1. The lowest BCUT2D eigenvalue weighted by atomic mass is 10.2. The molecule has 1 aromatic heterocycles. The molecule has 0 aliphatic carbocycles. The predicted molar refractivity (Wildman–Crippen MR) is 115 cm³/mol. The normalized spacial score (nSPS) is 13.9. The van der Waals surface area contributed by atoms with Crippen LogP contribution in [-0.2, 0) is 20.9 Å². The first-order valence-corrected chi connectivity index (χ1v) is 10.7. The Labute approximate surface area is 179 Å². The van der Waals surface area contributed by atoms with Gasteiger partial charge in [0.15, 0.2) is 4.77 Å². The number of fused-ring (bicyclic) bond motifs is 1. The molecule has 0 spiro atoms. The van der Waals surface area contributed by atoms with E-state index in [2.05, 4.69) is 10.3 Å². The van der Waals surface area contributed by atoms with Gasteiger partial charge in [0.05, 0.1) is 10.9 Å². The second-order valence-corrected chi connectivity index (χ2v) is 7.77. The quantitative estimate of drug-likeness (QED) is 0.342. The average molecular weight is 431 g/mol. The van der Waals surface area contributed by atoms with Gasteiger partial charge in [0.25, 0.3) is 5.56 Å². The number of rotatable bonds is 10. The number of nitrogens with zero attached hydrogens (tertiary/aromatic N) is 2. The second kappa shape index (κ2) is 10.3. The van der Waals surface area contributed by atoms with Crippen LogP contribution in [0.15, 0.2) is 29.1 Å². The number of hydrogen-bond acceptors (Lipinski definition) is 5. The summed E-state index contributed by atoms with van der Waals surface area (Å²) in [7, 11) is 0. The molecule has 0 radical (unpaired) electrons. The first-order valence-electron chi connectivity index (χ1n) is 10.3. The van der Waals surface area contributed by atoms with E-state index in [9.17, 15) is 19.2 Å². The number of unbranched alkanes of at least 4 members (excludes halogenated alkanes) is 2. The zero-order valence-electron chi connectivity index (χ0n) is 16.8. The fraction of sp³-hybridized carbons (Fsp3) is 0.476. The molecule has 0 unspecified atom stereocenters. The van der Waals surface area contributed by atoms with Crippen molar-refractivity contribution in [3.05, 3.63) is 39.4 Å². The highest BCUT2D eigenvalue weighted by Gasteiger charge is 2.27. The highest BCUT2D eigenvalue weighted by atomic mass is 32.1. The van der Waals surface area contributed by atoms with Crippen molar-refractivity contribution in [2.75, 3.05) is 13.1 Å². The van der Waals surface area contributed by atoms with Crippen LogP contribution in [0, 0.1) is 4.77 Å². The number of hydrogen-bond donors (Lipinski definition) is 2. The molecule has 3 amide bonds. The minimum atomic E-state index is -0.128. The summed E-state index contributed by atoms with van der Waals surface area (Å²) < 4.78 is 1.98. The highest BCUT2D eigenvalue weighted by Crippen LogP contribution is 2.11. The number of amides is 3. The molecule has 30 heavy (non-hydrogen) atoms. The van der Waals surface area contributed by atoms with Gasteiger partial charge in [-0.1, -0.05) is 18.6 Å². The van der Waals surface area contributed by atoms with Gasteiger partial charge in [-0.05, 0) is 43.6 Å². The van der Waals surface area contributed by atoms with E-state index in [1.54, 1.807) is 10.6 Å². The van der Waals surface area contributed by atoms with Gasteiger partial charge in [-0.3, -0.25) is 28.6 Å². The number of likely N-dealkylation sites (tertiary alicyclic amines) is 1. The first kappa shape index (κ1) is 21.9. The Bertz CT molecular complexity index is 1040. The van der Waals surface area contributed by atoms with Gasteiger partial charge in [-0.15, -0.1) is 0 Å². The van der Waals surface area contributed by atoms with Crippen molar-refractivity contribution >= 4 is 40.8 Å². The smallest absolute Gasteiger partial charge is 0.262 e. The second-order valence-electron chi connectivity index (χ2n) is 7.39. The third-order valence-corrected chi connectivity index (χ3v) is 5.53. The Morgan fingerprint density at radius 2 is 1.73 bits per heavy atom. The van der Waals surface area contributed by atoms with Gasteiger partial charge in [-0.2, -0.15) is 0 Å². The van der Waals surface area contributed by atoms with E-state index >= 15 is 0 Å². The molecule has 1 aromatic carbocycles. The van der Waals surface area contributed by atoms with Crippen LogP contribution in [0.5, 0.6) is 0 Å². The van der Waals surface area contributed by atoms with Gasteiger partial charge in [-0.25, -0.2) is 0 Å². The summed E-state index contributed by atoms with van der Waals surface area (Å²) in [5.74, 6) is -0.303. The Hall–Kier alpha value is -2.81. The highest BCUT2D eigenvalue weighted by molar-refractivity contribution is 7.71. The molecular formula is C21H26N4O4S. The van der Waals surface area contributed by atoms with Gasteiger partial charge >= 0.3 is 0 Å². The molecule has 8 nitrogen and oxygen atoms in total. The van der Waals surface area contributed by atoms with E-state index in [1.807, 2.05) is 18.2 Å². The zero-order valence-corrected chi connectivity index (χ0v) is 17.6. The van der Waals surface area contributed by atoms with Crippen molar-refractivity contribution in [1.82, 2.24) is 19.8 Å². The maximum absolute atomic E-state index is 12.6. The van der Waals surface area contributed by atoms with Gasteiger partial charge in [0, 0.05) is 38.9 Å². The molecule has 1 aliphatic heterocycles. The molecule has 2 aromatic rings. The van der Waals surface area contributed by atoms with E-state index in [1.165, 1.54) is 4.90 Å². The lowest BCUT2D eigenvalue weighted by Crippen LogP contribution is -2.33. The van der Waals surface area contributed by atoms with Crippen LogP contribution in [0.4, 0.5) is 0 Å². The number of imide groups is 1. The Balaban J connectivity index is 1.33. The standard InChI is InChI=1S/C21H26N4O4S/c26-17(22-12-6-14-24-18(27)10-11-19(24)28)9-2-1-5-13-25-20(29)15-7-3-4-8-16(15)23-21(25)30/h3-4,7-8H,1-2,5-6,9-14H2,(H,22,26)(H,23,30). The minimum Gasteiger partial charge on any atom is -0.356 e. The van der Waals surface area contributed by atoms with Crippen LogP contribution in [0.1, 0.15) is 44.9 Å². The summed E-state index contributed by atoms with van der Waals surface area (Å²) in [6.45, 7) is 1.31. The maximum Gasteiger partial charge on any atom is 0.262 e. The minimum absolute atomic E-state index is 0.0470. The molecule has 0 saturated carbocycles. The topological polar surface area (TPSA) is 104 Å². The summed E-state index contributed by atoms with van der Waals surface area (Å²) in [6.07, 6.45) is 3.82. The molecule has 160 valence electrons. The van der Waals surface area contributed by atoms with Crippen molar-refractivity contribution in [2.45, 2.75) is 51.5 Å². The SMILES string of the molecule is O=C(CCCCCn1c(=S)[nH]c2ccccc2c1=O)NCCCN1C(=O)CCC1=O. The number of carbonyl (C=O) groups excluding carboxylic acids is 3. The molecule has 3 rings (SSSR count). The lowest BCUT2D eigenvalue weighted by molar-refractivity contribution is -0.138. The first-order chi connectivity index (χ1) is 14.5. The monoisotopic (exact) mass is 430 g/mol. The number of nitrogens with one attached hydrogen (secondary N) is 2. The molecule has 1 aliphatic rings. The summed E-state index contributed by atoms with van der Waals surface area (Å²) in [5.41, 5.74) is 0.640. The Morgan fingerprint density at radius 3 is 2.50 bits per heavy atom. The number of carbonyl (C=O) groups is 3. The van der Waals surface area contributed by atoms with Crippen molar-refractivity contribution in [2.24, 2.45) is 0 Å². The number of benzene rings is 1. The van der Waals surface area contributed by atoms with E-state index in [0.717, 1.165) is 18.4 Å². The summed E-state index contributed by atoms with van der Waals surface area (Å²) in [5, 5.41) is 3.43. The van der Waals surface area contributed by atoms with Crippen LogP contribution < -0.4 is 10.9 Å². The molecular weight excluding hydrogens is 404 g/mol. The number of aromatic amines is 1. The molecule has 0 bridgehead atoms. The largest absolute Gasteiger partial charge is 0.356 e. The van der Waals surface area contributed by atoms with Crippen LogP contribution >= 0.6 is 12.2 Å². The van der Waals surface area contributed by atoms with Crippen molar-refractivity contribution in [3.8, 4) is 0 Å². The van der Waals surface area contributed by atoms with E-state index in [-0.39, 0.29) is 23.3 Å². The van der Waals surface area contributed by atoms with Gasteiger partial charge in [0.1, 0.15) is 0 Å². The van der Waals surface area contributed by atoms with Crippen molar-refractivity contribution in [1.29, 1.82) is 0 Å². The summed E-state index contributed by atoms with van der Waals surface area (Å²) in [6, 6.07) is 7.29. The Kier molecular flexibility index (Phi) is 7.51.